The summed E-state index contributed by atoms with van der Waals surface area (Å²) in [6, 6.07) is 6.62. The van der Waals surface area contributed by atoms with Gasteiger partial charge in [0.15, 0.2) is 0 Å². The Hall–Kier alpha value is -4.33. The topological polar surface area (TPSA) is 196 Å². The van der Waals surface area contributed by atoms with Gasteiger partial charge in [0.25, 0.3) is 5.91 Å². The molecule has 1 aromatic rings. The number of hydrogen-bond donors (Lipinski definition) is 4. The maximum atomic E-state index is 14.3. The minimum Gasteiger partial charge on any atom is -0.475 e. The van der Waals surface area contributed by atoms with E-state index in [0.29, 0.717) is 32.5 Å². The second-order valence-electron chi connectivity index (χ2n) is 17.4. The van der Waals surface area contributed by atoms with Gasteiger partial charge in [0.1, 0.15) is 12.1 Å². The third kappa shape index (κ3) is 16.0. The van der Waals surface area contributed by atoms with Crippen LogP contribution in [0.1, 0.15) is 92.6 Å². The molecular weight excluding hydrogens is 842 g/mol. The van der Waals surface area contributed by atoms with Crippen molar-refractivity contribution in [3.8, 4) is 0 Å². The first-order valence-corrected chi connectivity index (χ1v) is 22.2. The molecule has 3 rings (SSSR count). The van der Waals surface area contributed by atoms with Gasteiger partial charge in [-0.25, -0.2) is 9.86 Å². The smallest absolute Gasteiger partial charge is 0.475 e. The van der Waals surface area contributed by atoms with E-state index in [0.717, 1.165) is 31.2 Å². The molecule has 19 heteroatoms. The van der Waals surface area contributed by atoms with Crippen LogP contribution in [0.15, 0.2) is 30.3 Å². The first kappa shape index (κ1) is 55.8. The molecule has 2 aliphatic rings. The quantitative estimate of drug-likeness (QED) is 0.138. The van der Waals surface area contributed by atoms with Gasteiger partial charge in [0.2, 0.25) is 23.6 Å². The number of rotatable bonds is 21. The van der Waals surface area contributed by atoms with Gasteiger partial charge in [-0.05, 0) is 56.0 Å². The van der Waals surface area contributed by atoms with Crippen LogP contribution < -0.4 is 16.0 Å². The third-order valence-corrected chi connectivity index (χ3v) is 12.1. The number of amides is 5. The van der Waals surface area contributed by atoms with E-state index >= 15 is 0 Å². The number of carboxylic acids is 1. The van der Waals surface area contributed by atoms with Gasteiger partial charge in [-0.1, -0.05) is 85.2 Å². The lowest BCUT2D eigenvalue weighted by Gasteiger charge is -2.41. The molecule has 1 aromatic carbocycles. The molecule has 0 aliphatic carbocycles. The van der Waals surface area contributed by atoms with Crippen molar-refractivity contribution in [1.82, 2.24) is 30.8 Å². The number of likely N-dealkylation sites (N-methyl/N-ethyl adjacent to an activating group) is 2. The Morgan fingerprint density at radius 2 is 1.50 bits per heavy atom. The van der Waals surface area contributed by atoms with Gasteiger partial charge >= 0.3 is 12.1 Å². The zero-order chi connectivity index (χ0) is 48.5. The van der Waals surface area contributed by atoms with Crippen LogP contribution in [-0.2, 0) is 49.5 Å². The predicted octanol–water partition coefficient (Wildman–Crippen LogP) is 4.21. The van der Waals surface area contributed by atoms with E-state index in [1.54, 1.807) is 45.0 Å². The largest absolute Gasteiger partial charge is 0.490 e. The molecule has 0 spiro atoms. The maximum Gasteiger partial charge on any atom is 0.490 e. The van der Waals surface area contributed by atoms with E-state index < -0.39 is 60.5 Å². The van der Waals surface area contributed by atoms with Gasteiger partial charge < -0.3 is 40.3 Å². The molecule has 2 saturated heterocycles. The SMILES string of the molecule is CC[C@H](C)[C@@H]([C@@H](CC(=O)N1CCC[C@H]1[C@H](OC)[C@@H](C)C(=O)N[C@@H](Cc1ccccc1)C(=O)N1CCCCO1)OC)N(C)C(=O)[C@@H](NC(=O)[C@@H](NC)C(C)C)C(C)C.O=C(O)C(F)(F)F. The van der Waals surface area contributed by atoms with E-state index in [1.807, 2.05) is 71.9 Å². The average molecular weight is 915 g/mol. The number of ether oxygens (including phenoxy) is 2. The van der Waals surface area contributed by atoms with Gasteiger partial charge in [-0.15, -0.1) is 0 Å². The van der Waals surface area contributed by atoms with Crippen molar-refractivity contribution in [2.24, 2.45) is 23.7 Å². The lowest BCUT2D eigenvalue weighted by atomic mass is 9.89. The minimum absolute atomic E-state index is 0.00794. The minimum atomic E-state index is -5.08. The molecule has 16 nitrogen and oxygen atoms in total. The molecule has 4 N–H and O–H groups in total. The van der Waals surface area contributed by atoms with Crippen molar-refractivity contribution in [2.45, 2.75) is 142 Å². The molecular formula is C45H73F3N6O10. The van der Waals surface area contributed by atoms with E-state index in [-0.39, 0.29) is 53.7 Å². The summed E-state index contributed by atoms with van der Waals surface area (Å²) in [6.45, 7) is 15.0. The van der Waals surface area contributed by atoms with Crippen LogP contribution in [0.2, 0.25) is 0 Å². The molecule has 5 amide bonds. The number of benzene rings is 1. The van der Waals surface area contributed by atoms with Crippen LogP contribution in [0, 0.1) is 23.7 Å². The molecule has 0 unspecified atom stereocenters. The monoisotopic (exact) mass is 915 g/mol. The van der Waals surface area contributed by atoms with Crippen LogP contribution >= 0.6 is 0 Å². The summed E-state index contributed by atoms with van der Waals surface area (Å²) in [5.74, 6) is -4.93. The summed E-state index contributed by atoms with van der Waals surface area (Å²) in [6.07, 6.45) is -2.27. The predicted molar refractivity (Wildman–Crippen MR) is 233 cm³/mol. The van der Waals surface area contributed by atoms with E-state index in [4.69, 9.17) is 24.2 Å². The Kier molecular flexibility index (Phi) is 23.2. The molecule has 0 aromatic heterocycles. The lowest BCUT2D eigenvalue weighted by molar-refractivity contribution is -0.199. The highest BCUT2D eigenvalue weighted by molar-refractivity contribution is 5.90. The number of carbonyl (C=O) groups is 6. The van der Waals surface area contributed by atoms with E-state index in [2.05, 4.69) is 16.0 Å². The first-order chi connectivity index (χ1) is 30.0. The van der Waals surface area contributed by atoms with Gasteiger partial charge in [-0.2, -0.15) is 13.2 Å². The number of methoxy groups -OCH3 is 2. The molecule has 364 valence electrons. The fourth-order valence-electron chi connectivity index (χ4n) is 8.35. The van der Waals surface area contributed by atoms with Crippen LogP contribution in [0.4, 0.5) is 13.2 Å². The highest BCUT2D eigenvalue weighted by atomic mass is 19.4. The Morgan fingerprint density at radius 3 is 1.98 bits per heavy atom. The van der Waals surface area contributed by atoms with E-state index in [9.17, 15) is 37.1 Å². The summed E-state index contributed by atoms with van der Waals surface area (Å²) in [5.41, 5.74) is 0.908. The average Bonchev–Trinajstić information content (AvgIpc) is 3.74. The van der Waals surface area contributed by atoms with Crippen LogP contribution in [0.3, 0.4) is 0 Å². The molecule has 2 aliphatic heterocycles. The summed E-state index contributed by atoms with van der Waals surface area (Å²) in [4.78, 5) is 87.4. The number of aliphatic carboxylic acids is 1. The van der Waals surface area contributed by atoms with Crippen molar-refractivity contribution in [3.05, 3.63) is 35.9 Å². The zero-order valence-corrected chi connectivity index (χ0v) is 39.4. The lowest BCUT2D eigenvalue weighted by Crippen LogP contribution is -2.59. The number of halogens is 3. The van der Waals surface area contributed by atoms with Crippen molar-refractivity contribution in [1.29, 1.82) is 0 Å². The summed E-state index contributed by atoms with van der Waals surface area (Å²) < 4.78 is 43.8. The van der Waals surface area contributed by atoms with Crippen molar-refractivity contribution < 1.29 is 61.4 Å². The van der Waals surface area contributed by atoms with Gasteiger partial charge in [0, 0.05) is 40.8 Å². The van der Waals surface area contributed by atoms with Crippen molar-refractivity contribution in [3.63, 3.8) is 0 Å². The first-order valence-electron chi connectivity index (χ1n) is 22.2. The molecule has 0 saturated carbocycles. The molecule has 64 heavy (non-hydrogen) atoms. The molecule has 9 atom stereocenters. The number of nitrogens with one attached hydrogen (secondary N) is 3. The highest BCUT2D eigenvalue weighted by Crippen LogP contribution is 2.30. The molecule has 2 heterocycles. The Labute approximate surface area is 376 Å². The van der Waals surface area contributed by atoms with Crippen molar-refractivity contribution >= 4 is 35.5 Å². The van der Waals surface area contributed by atoms with E-state index in [1.165, 1.54) is 5.06 Å². The Morgan fingerprint density at radius 1 is 0.891 bits per heavy atom. The maximum absolute atomic E-state index is 14.3. The standard InChI is InChI=1S/C43H72N6O8.C2HF3O2/c1-12-29(6)38(47(9)43(54)37(28(4)5)46-41(52)36(44-8)27(2)3)34(55-10)26-35(50)48-22-18-21-33(48)39(56-11)30(7)40(51)45-32(25-31-19-14-13-15-20-31)42(53)49-23-16-17-24-57-49;3-2(4,5)1(6)7/h13-15,19-20,27-30,32-34,36-39,44H,12,16-18,21-26H2,1-11H3,(H,45,51)(H,46,52);(H,6,7)/t29-,30+,32-,33-,34+,36-,37-,38-,39+;/m0./s1. The number of hydroxylamine groups is 2. The Balaban J connectivity index is 0.00000185. The highest BCUT2D eigenvalue weighted by Gasteiger charge is 2.44. The fraction of sp³-hybridized carbons (Fsp3) is 0.733. The zero-order valence-electron chi connectivity index (χ0n) is 39.4. The van der Waals surface area contributed by atoms with Gasteiger partial charge in [-0.3, -0.25) is 28.8 Å². The van der Waals surface area contributed by atoms with Crippen LogP contribution in [0.5, 0.6) is 0 Å². The number of likely N-dealkylation sites (tertiary alicyclic amines) is 1. The normalized spacial score (nSPS) is 19.3. The fourth-order valence-corrected chi connectivity index (χ4v) is 8.35. The number of carbonyl (C=O) groups excluding carboxylic acids is 5. The molecule has 2 fully saturated rings. The number of carboxylic acid groups (broad SMARTS) is 1. The van der Waals surface area contributed by atoms with Gasteiger partial charge in [0.05, 0.1) is 49.3 Å². The molecule has 0 radical (unpaired) electrons. The number of hydrogen-bond acceptors (Lipinski definition) is 10. The summed E-state index contributed by atoms with van der Waals surface area (Å²) >= 11 is 0. The Bertz CT molecular complexity index is 1650. The van der Waals surface area contributed by atoms with Crippen molar-refractivity contribution in [2.75, 3.05) is 48.0 Å². The molecule has 0 bridgehead atoms. The third-order valence-electron chi connectivity index (χ3n) is 12.1. The van der Waals surface area contributed by atoms with Crippen LogP contribution in [-0.4, -0.2) is 152 Å². The summed E-state index contributed by atoms with van der Waals surface area (Å²) in [7, 11) is 6.56. The second kappa shape index (κ2) is 26.6. The second-order valence-corrected chi connectivity index (χ2v) is 17.4. The number of alkyl halides is 3. The number of nitrogens with zero attached hydrogens (tertiary/aromatic N) is 3. The summed E-state index contributed by atoms with van der Waals surface area (Å²) in [5, 5.41) is 17.5. The van der Waals surface area contributed by atoms with Crippen LogP contribution in [0.25, 0.3) is 0 Å².